The molecule has 0 radical (unpaired) electrons. The molecule has 5 heteroatoms. The quantitative estimate of drug-likeness (QED) is 0.510. The molecule has 1 heterocycles. The van der Waals surface area contributed by atoms with Gasteiger partial charge >= 0.3 is 0 Å². The number of phenolic OH excluding ortho intramolecular Hbond substituents is 2. The maximum Gasteiger partial charge on any atom is 0.119 e. The van der Waals surface area contributed by atoms with Crippen LogP contribution < -0.4 is 4.74 Å². The summed E-state index contributed by atoms with van der Waals surface area (Å²) in [5.74, 6) is 1.49. The number of hydrogen-bond donors (Lipinski definition) is 2. The summed E-state index contributed by atoms with van der Waals surface area (Å²) in [6.45, 7) is 1.87. The van der Waals surface area contributed by atoms with Crippen LogP contribution in [-0.4, -0.2) is 41.4 Å². The standard InChI is InChI=1S/C29H29NO3.ClH/c1-30-14-2-3-21(30)18-33-24-8-4-19(5-9-24)26-17-29(28-11-7-23(32)16-25(26)28)13-12-20-15-22(31)6-10-27(20)29;/h4-11,15-17,21,31-32H,2-3,12-14,18H2,1H3;1H/t21-,29?;/m0./s1. The van der Waals surface area contributed by atoms with Gasteiger partial charge in [-0.3, -0.25) is 0 Å². The number of phenols is 2. The summed E-state index contributed by atoms with van der Waals surface area (Å²) >= 11 is 0. The van der Waals surface area contributed by atoms with Gasteiger partial charge in [0.05, 0.1) is 0 Å². The van der Waals surface area contributed by atoms with Crippen molar-refractivity contribution in [3.05, 3.63) is 94.6 Å². The Balaban J connectivity index is 0.00000241. The van der Waals surface area contributed by atoms with E-state index in [1.807, 2.05) is 12.1 Å². The Morgan fingerprint density at radius 2 is 1.71 bits per heavy atom. The number of rotatable bonds is 4. The molecular formula is C29H30ClNO3. The molecule has 1 spiro atoms. The summed E-state index contributed by atoms with van der Waals surface area (Å²) in [5.41, 5.74) is 6.81. The van der Waals surface area contributed by atoms with E-state index in [1.165, 1.54) is 29.5 Å². The maximum absolute atomic E-state index is 10.3. The van der Waals surface area contributed by atoms with Gasteiger partial charge in [0.15, 0.2) is 0 Å². The molecule has 3 aromatic carbocycles. The highest BCUT2D eigenvalue weighted by Gasteiger charge is 2.44. The fourth-order valence-electron chi connectivity index (χ4n) is 6.02. The normalized spacial score (nSPS) is 22.9. The van der Waals surface area contributed by atoms with Crippen LogP contribution in [0.15, 0.2) is 66.7 Å². The SMILES string of the molecule is CN1CCC[C@H]1COc1ccc(C2=CC3(CCc4cc(O)ccc43)c3ccc(O)cc32)cc1.Cl. The molecule has 3 aromatic rings. The van der Waals surface area contributed by atoms with E-state index in [4.69, 9.17) is 4.74 Å². The number of likely N-dealkylation sites (tertiary alicyclic amines) is 1. The van der Waals surface area contributed by atoms with Gasteiger partial charge in [-0.25, -0.2) is 0 Å². The molecule has 0 amide bonds. The number of likely N-dealkylation sites (N-methyl/N-ethyl adjacent to an activating group) is 1. The van der Waals surface area contributed by atoms with E-state index in [0.717, 1.165) is 48.4 Å². The zero-order chi connectivity index (χ0) is 22.6. The van der Waals surface area contributed by atoms with Gasteiger partial charge in [0, 0.05) is 11.5 Å². The zero-order valence-corrected chi connectivity index (χ0v) is 20.1. The minimum absolute atomic E-state index is 0. The molecule has 1 saturated heterocycles. The Bertz CT molecular complexity index is 1250. The van der Waals surface area contributed by atoms with Crippen LogP contribution in [0.2, 0.25) is 0 Å². The fraction of sp³-hybridized carbons (Fsp3) is 0.310. The predicted octanol–water partition coefficient (Wildman–Crippen LogP) is 5.67. The first-order valence-electron chi connectivity index (χ1n) is 11.9. The number of fused-ring (bicyclic) bond motifs is 4. The fourth-order valence-corrected chi connectivity index (χ4v) is 6.02. The van der Waals surface area contributed by atoms with Gasteiger partial charge < -0.3 is 19.8 Å². The molecule has 6 rings (SSSR count). The summed E-state index contributed by atoms with van der Waals surface area (Å²) in [7, 11) is 2.17. The number of aromatic hydroxyl groups is 2. The lowest BCUT2D eigenvalue weighted by Gasteiger charge is -2.25. The Morgan fingerprint density at radius 3 is 2.44 bits per heavy atom. The average molecular weight is 476 g/mol. The van der Waals surface area contributed by atoms with Crippen LogP contribution in [0.25, 0.3) is 5.57 Å². The Kier molecular flexibility index (Phi) is 5.83. The first kappa shape index (κ1) is 22.8. The first-order valence-corrected chi connectivity index (χ1v) is 11.9. The molecule has 34 heavy (non-hydrogen) atoms. The molecule has 0 aromatic heterocycles. The molecule has 2 aliphatic carbocycles. The summed E-state index contributed by atoms with van der Waals surface area (Å²) in [5, 5.41) is 20.3. The smallest absolute Gasteiger partial charge is 0.119 e. The van der Waals surface area contributed by atoms with E-state index in [9.17, 15) is 10.2 Å². The number of halogens is 1. The van der Waals surface area contributed by atoms with Crippen LogP contribution in [0.4, 0.5) is 0 Å². The van der Waals surface area contributed by atoms with Crippen molar-refractivity contribution in [3.63, 3.8) is 0 Å². The topological polar surface area (TPSA) is 52.9 Å². The lowest BCUT2D eigenvalue weighted by molar-refractivity contribution is 0.198. The zero-order valence-electron chi connectivity index (χ0n) is 19.3. The van der Waals surface area contributed by atoms with Crippen LogP contribution in [0.3, 0.4) is 0 Å². The van der Waals surface area contributed by atoms with Crippen molar-refractivity contribution in [1.82, 2.24) is 4.90 Å². The second kappa shape index (κ2) is 8.68. The van der Waals surface area contributed by atoms with Crippen molar-refractivity contribution in [2.45, 2.75) is 37.1 Å². The molecule has 4 nitrogen and oxygen atoms in total. The third-order valence-electron chi connectivity index (χ3n) is 7.80. The Labute approximate surface area is 206 Å². The molecule has 0 bridgehead atoms. The number of allylic oxidation sites excluding steroid dienone is 1. The van der Waals surface area contributed by atoms with Gasteiger partial charge in [0.25, 0.3) is 0 Å². The van der Waals surface area contributed by atoms with Gasteiger partial charge in [-0.05, 0) is 109 Å². The van der Waals surface area contributed by atoms with Crippen LogP contribution in [0, 0.1) is 0 Å². The maximum atomic E-state index is 10.3. The number of aryl methyl sites for hydroxylation is 1. The molecule has 176 valence electrons. The molecule has 2 N–H and O–H groups in total. The van der Waals surface area contributed by atoms with Crippen LogP contribution in [-0.2, 0) is 11.8 Å². The summed E-state index contributed by atoms with van der Waals surface area (Å²) in [6, 6.07) is 20.3. The molecule has 3 aliphatic rings. The van der Waals surface area contributed by atoms with Gasteiger partial charge in [0.1, 0.15) is 23.9 Å². The number of benzene rings is 3. The van der Waals surface area contributed by atoms with Crippen molar-refractivity contribution in [1.29, 1.82) is 0 Å². The van der Waals surface area contributed by atoms with E-state index >= 15 is 0 Å². The van der Waals surface area contributed by atoms with Gasteiger partial charge in [-0.15, -0.1) is 12.4 Å². The minimum atomic E-state index is -0.219. The van der Waals surface area contributed by atoms with Crippen molar-refractivity contribution in [3.8, 4) is 17.2 Å². The lowest BCUT2D eigenvalue weighted by atomic mass is 9.77. The van der Waals surface area contributed by atoms with Crippen molar-refractivity contribution < 1.29 is 14.9 Å². The first-order chi connectivity index (χ1) is 16.0. The van der Waals surface area contributed by atoms with Crippen molar-refractivity contribution in [2.24, 2.45) is 0 Å². The van der Waals surface area contributed by atoms with E-state index in [1.54, 1.807) is 12.1 Å². The molecule has 1 aliphatic heterocycles. The number of hydrogen-bond acceptors (Lipinski definition) is 4. The monoisotopic (exact) mass is 475 g/mol. The number of ether oxygens (including phenoxy) is 1. The minimum Gasteiger partial charge on any atom is -0.508 e. The highest BCUT2D eigenvalue weighted by Crippen LogP contribution is 2.54. The largest absolute Gasteiger partial charge is 0.508 e. The Morgan fingerprint density at radius 1 is 0.971 bits per heavy atom. The van der Waals surface area contributed by atoms with Crippen LogP contribution in [0.1, 0.15) is 47.1 Å². The Hall–Kier alpha value is -2.95. The average Bonchev–Trinajstić information content (AvgIpc) is 3.49. The third-order valence-corrected chi connectivity index (χ3v) is 7.80. The second-order valence-corrected chi connectivity index (χ2v) is 9.71. The summed E-state index contributed by atoms with van der Waals surface area (Å²) < 4.78 is 6.09. The van der Waals surface area contributed by atoms with E-state index in [0.29, 0.717) is 11.8 Å². The molecule has 0 saturated carbocycles. The second-order valence-electron chi connectivity index (χ2n) is 9.71. The van der Waals surface area contributed by atoms with E-state index in [-0.39, 0.29) is 23.6 Å². The van der Waals surface area contributed by atoms with Crippen LogP contribution in [0.5, 0.6) is 17.2 Å². The summed E-state index contributed by atoms with van der Waals surface area (Å²) in [6.07, 6.45) is 6.69. The van der Waals surface area contributed by atoms with Gasteiger partial charge in [0.2, 0.25) is 0 Å². The molecule has 2 atom stereocenters. The van der Waals surface area contributed by atoms with Crippen LogP contribution >= 0.6 is 12.4 Å². The highest BCUT2D eigenvalue weighted by atomic mass is 35.5. The molecule has 1 fully saturated rings. The van der Waals surface area contributed by atoms with E-state index < -0.39 is 0 Å². The van der Waals surface area contributed by atoms with E-state index in [2.05, 4.69) is 54.4 Å². The molecular weight excluding hydrogens is 446 g/mol. The summed E-state index contributed by atoms with van der Waals surface area (Å²) in [4.78, 5) is 2.37. The highest BCUT2D eigenvalue weighted by molar-refractivity contribution is 5.89. The lowest BCUT2D eigenvalue weighted by Crippen LogP contribution is -2.30. The predicted molar refractivity (Wildman–Crippen MR) is 137 cm³/mol. The number of nitrogens with zero attached hydrogens (tertiary/aromatic N) is 1. The van der Waals surface area contributed by atoms with Crippen molar-refractivity contribution >= 4 is 18.0 Å². The molecule has 1 unspecified atom stereocenters. The van der Waals surface area contributed by atoms with Gasteiger partial charge in [-0.1, -0.05) is 30.3 Å². The third kappa shape index (κ3) is 3.66. The van der Waals surface area contributed by atoms with Crippen molar-refractivity contribution in [2.75, 3.05) is 20.2 Å². The van der Waals surface area contributed by atoms with Gasteiger partial charge in [-0.2, -0.15) is 0 Å².